The Bertz CT molecular complexity index is 506. The molecule has 0 aliphatic rings. The van der Waals surface area contributed by atoms with Gasteiger partial charge in [-0.3, -0.25) is 0 Å². The number of para-hydroxylation sites is 1. The van der Waals surface area contributed by atoms with Gasteiger partial charge in [-0.25, -0.2) is 0 Å². The molecule has 0 aliphatic carbocycles. The third kappa shape index (κ3) is 2.08. The van der Waals surface area contributed by atoms with E-state index in [1.165, 1.54) is 6.07 Å². The molecule has 0 amide bonds. The lowest BCUT2D eigenvalue weighted by atomic mass is 10.2. The zero-order valence-corrected chi connectivity index (χ0v) is 8.84. The van der Waals surface area contributed by atoms with Gasteiger partial charge in [0.05, 0.1) is 0 Å². The van der Waals surface area contributed by atoms with Crippen LogP contribution in [-0.2, 0) is 0 Å². The maximum atomic E-state index is 9.55. The van der Waals surface area contributed by atoms with Crippen molar-refractivity contribution in [2.24, 2.45) is 0 Å². The second-order valence-corrected chi connectivity index (χ2v) is 3.54. The standard InChI is InChI=1S/C13H12O3/c1-9-4-2-5-10(8-9)16-12-7-3-6-11(14)13(12)15/h2-8,14-15H,1H3. The molecule has 0 spiro atoms. The monoisotopic (exact) mass is 216 g/mol. The second kappa shape index (κ2) is 4.14. The van der Waals surface area contributed by atoms with E-state index in [1.807, 2.05) is 25.1 Å². The molecule has 0 saturated carbocycles. The summed E-state index contributed by atoms with van der Waals surface area (Å²) in [6.07, 6.45) is 0. The lowest BCUT2D eigenvalue weighted by Gasteiger charge is -2.08. The van der Waals surface area contributed by atoms with Crippen molar-refractivity contribution in [3.8, 4) is 23.0 Å². The van der Waals surface area contributed by atoms with Gasteiger partial charge in [0.25, 0.3) is 0 Å². The molecule has 0 radical (unpaired) electrons. The van der Waals surface area contributed by atoms with E-state index in [9.17, 15) is 10.2 Å². The van der Waals surface area contributed by atoms with E-state index in [4.69, 9.17) is 4.74 Å². The molecule has 0 saturated heterocycles. The molecule has 2 rings (SSSR count). The topological polar surface area (TPSA) is 49.7 Å². The molecule has 82 valence electrons. The van der Waals surface area contributed by atoms with Crippen molar-refractivity contribution in [2.75, 3.05) is 0 Å². The lowest BCUT2D eigenvalue weighted by Crippen LogP contribution is -1.85. The summed E-state index contributed by atoms with van der Waals surface area (Å²) in [5.41, 5.74) is 1.07. The highest BCUT2D eigenvalue weighted by Gasteiger charge is 2.07. The number of benzene rings is 2. The average molecular weight is 216 g/mol. The Morgan fingerprint density at radius 3 is 2.50 bits per heavy atom. The highest BCUT2D eigenvalue weighted by atomic mass is 16.5. The Balaban J connectivity index is 2.31. The molecule has 2 N–H and O–H groups in total. The van der Waals surface area contributed by atoms with E-state index < -0.39 is 0 Å². The van der Waals surface area contributed by atoms with Crippen LogP contribution in [0.15, 0.2) is 42.5 Å². The minimum Gasteiger partial charge on any atom is -0.504 e. The minimum atomic E-state index is -0.246. The zero-order valence-electron chi connectivity index (χ0n) is 8.84. The van der Waals surface area contributed by atoms with Crippen molar-refractivity contribution in [3.05, 3.63) is 48.0 Å². The first-order chi connectivity index (χ1) is 7.66. The van der Waals surface area contributed by atoms with Crippen LogP contribution in [0, 0.1) is 6.92 Å². The summed E-state index contributed by atoms with van der Waals surface area (Å²) in [7, 11) is 0. The predicted octanol–water partition coefficient (Wildman–Crippen LogP) is 3.20. The molecule has 0 heterocycles. The minimum absolute atomic E-state index is 0.190. The normalized spacial score (nSPS) is 10.1. The summed E-state index contributed by atoms with van der Waals surface area (Å²) < 4.78 is 5.46. The summed E-state index contributed by atoms with van der Waals surface area (Å²) in [4.78, 5) is 0. The van der Waals surface area contributed by atoms with Gasteiger partial charge in [0.1, 0.15) is 5.75 Å². The Kier molecular flexibility index (Phi) is 2.68. The number of hydrogen-bond acceptors (Lipinski definition) is 3. The third-order valence-electron chi connectivity index (χ3n) is 2.20. The number of phenolic OH excluding ortho intramolecular Hbond substituents is 2. The highest BCUT2D eigenvalue weighted by Crippen LogP contribution is 2.37. The molecule has 2 aromatic carbocycles. The summed E-state index contributed by atoms with van der Waals surface area (Å²) in [6, 6.07) is 12.1. The van der Waals surface area contributed by atoms with Crippen LogP contribution in [0.25, 0.3) is 0 Å². The van der Waals surface area contributed by atoms with Gasteiger partial charge in [-0.1, -0.05) is 18.2 Å². The summed E-state index contributed by atoms with van der Waals surface area (Å²) >= 11 is 0. The Morgan fingerprint density at radius 2 is 1.75 bits per heavy atom. The van der Waals surface area contributed by atoms with E-state index in [0.29, 0.717) is 5.75 Å². The van der Waals surface area contributed by atoms with Gasteiger partial charge in [-0.2, -0.15) is 0 Å². The molecule has 0 unspecified atom stereocenters. The summed E-state index contributed by atoms with van der Waals surface area (Å²) in [5, 5.41) is 18.9. The Labute approximate surface area is 93.6 Å². The van der Waals surface area contributed by atoms with Crippen LogP contribution >= 0.6 is 0 Å². The van der Waals surface area contributed by atoms with E-state index in [0.717, 1.165) is 5.56 Å². The van der Waals surface area contributed by atoms with Crippen molar-refractivity contribution in [1.82, 2.24) is 0 Å². The first kappa shape index (κ1) is 10.4. The van der Waals surface area contributed by atoms with E-state index in [1.54, 1.807) is 18.2 Å². The van der Waals surface area contributed by atoms with Crippen molar-refractivity contribution in [2.45, 2.75) is 6.92 Å². The van der Waals surface area contributed by atoms with Gasteiger partial charge in [-0.15, -0.1) is 0 Å². The van der Waals surface area contributed by atoms with E-state index in [-0.39, 0.29) is 17.2 Å². The van der Waals surface area contributed by atoms with Gasteiger partial charge in [-0.05, 0) is 36.8 Å². The van der Waals surface area contributed by atoms with Gasteiger partial charge in [0.15, 0.2) is 11.5 Å². The number of ether oxygens (including phenoxy) is 1. The second-order valence-electron chi connectivity index (χ2n) is 3.54. The Morgan fingerprint density at radius 1 is 1.00 bits per heavy atom. The highest BCUT2D eigenvalue weighted by molar-refractivity contribution is 5.50. The number of aryl methyl sites for hydroxylation is 1. The summed E-state index contributed by atoms with van der Waals surface area (Å²) in [6.45, 7) is 1.95. The van der Waals surface area contributed by atoms with Gasteiger partial charge in [0.2, 0.25) is 5.75 Å². The van der Waals surface area contributed by atoms with Crippen LogP contribution < -0.4 is 4.74 Å². The van der Waals surface area contributed by atoms with Crippen LogP contribution in [0.5, 0.6) is 23.0 Å². The molecule has 0 aromatic heterocycles. The number of hydrogen-bond donors (Lipinski definition) is 2. The zero-order chi connectivity index (χ0) is 11.5. The molecule has 3 heteroatoms. The van der Waals surface area contributed by atoms with Crippen LogP contribution in [0.2, 0.25) is 0 Å². The third-order valence-corrected chi connectivity index (χ3v) is 2.20. The molecule has 0 bridgehead atoms. The Hall–Kier alpha value is -2.16. The van der Waals surface area contributed by atoms with Crippen molar-refractivity contribution in [3.63, 3.8) is 0 Å². The van der Waals surface area contributed by atoms with Gasteiger partial charge < -0.3 is 14.9 Å². The molecule has 0 atom stereocenters. The number of rotatable bonds is 2. The maximum Gasteiger partial charge on any atom is 0.201 e. The molecule has 2 aromatic rings. The van der Waals surface area contributed by atoms with Crippen molar-refractivity contribution < 1.29 is 14.9 Å². The SMILES string of the molecule is Cc1cccc(Oc2cccc(O)c2O)c1. The maximum absolute atomic E-state index is 9.55. The fourth-order valence-electron chi connectivity index (χ4n) is 1.40. The smallest absolute Gasteiger partial charge is 0.201 e. The molecular weight excluding hydrogens is 204 g/mol. The van der Waals surface area contributed by atoms with Crippen LogP contribution in [0.4, 0.5) is 0 Å². The van der Waals surface area contributed by atoms with Crippen LogP contribution in [0.1, 0.15) is 5.56 Å². The molecule has 0 aliphatic heterocycles. The molecule has 0 fully saturated rings. The molecule has 16 heavy (non-hydrogen) atoms. The first-order valence-electron chi connectivity index (χ1n) is 4.92. The van der Waals surface area contributed by atoms with Crippen LogP contribution in [-0.4, -0.2) is 10.2 Å². The quantitative estimate of drug-likeness (QED) is 0.758. The molecular formula is C13H12O3. The first-order valence-corrected chi connectivity index (χ1v) is 4.92. The molecule has 3 nitrogen and oxygen atoms in total. The van der Waals surface area contributed by atoms with E-state index in [2.05, 4.69) is 0 Å². The van der Waals surface area contributed by atoms with Gasteiger partial charge in [0, 0.05) is 0 Å². The fraction of sp³-hybridized carbons (Fsp3) is 0.0769. The van der Waals surface area contributed by atoms with Crippen molar-refractivity contribution >= 4 is 0 Å². The fourth-order valence-corrected chi connectivity index (χ4v) is 1.40. The lowest BCUT2D eigenvalue weighted by molar-refractivity contribution is 0.373. The predicted molar refractivity (Wildman–Crippen MR) is 61.0 cm³/mol. The van der Waals surface area contributed by atoms with E-state index >= 15 is 0 Å². The van der Waals surface area contributed by atoms with Gasteiger partial charge >= 0.3 is 0 Å². The average Bonchev–Trinajstić information content (AvgIpc) is 2.25. The number of phenols is 2. The largest absolute Gasteiger partial charge is 0.504 e. The number of aromatic hydroxyl groups is 2. The summed E-state index contributed by atoms with van der Waals surface area (Å²) in [5.74, 6) is 0.431. The van der Waals surface area contributed by atoms with Crippen LogP contribution in [0.3, 0.4) is 0 Å². The van der Waals surface area contributed by atoms with Crippen molar-refractivity contribution in [1.29, 1.82) is 0 Å².